The normalized spacial score (nSPS) is 12.1. The zero-order valence-electron chi connectivity index (χ0n) is 11.3. The molecule has 0 radical (unpaired) electrons. The Kier molecular flexibility index (Phi) is 4.64. The molecule has 0 unspecified atom stereocenters. The van der Waals surface area contributed by atoms with Crippen LogP contribution in [0.3, 0.4) is 0 Å². The van der Waals surface area contributed by atoms with E-state index in [1.165, 1.54) is 13.8 Å². The summed E-state index contributed by atoms with van der Waals surface area (Å²) < 4.78 is 39.9. The Balaban J connectivity index is 3.30. The van der Waals surface area contributed by atoms with E-state index in [-0.39, 0.29) is 6.42 Å². The Morgan fingerprint density at radius 1 is 1.48 bits per heavy atom. The number of nitrogens with one attached hydrogen (secondary N) is 1. The number of nitro benzene ring substituents is 1. The summed E-state index contributed by atoms with van der Waals surface area (Å²) in [6, 6.07) is 2.73. The first-order valence-corrected chi connectivity index (χ1v) is 7.20. The smallest absolute Gasteiger partial charge is 0.324 e. The van der Waals surface area contributed by atoms with Crippen molar-refractivity contribution < 1.29 is 22.5 Å². The van der Waals surface area contributed by atoms with Gasteiger partial charge in [-0.3, -0.25) is 14.9 Å². The van der Waals surface area contributed by atoms with Crippen molar-refractivity contribution in [2.75, 3.05) is 0 Å². The van der Waals surface area contributed by atoms with Gasteiger partial charge in [0.1, 0.15) is 0 Å². The zero-order chi connectivity index (χ0) is 16.4. The molecule has 116 valence electrons. The van der Waals surface area contributed by atoms with Gasteiger partial charge in [-0.2, -0.15) is 4.39 Å². The largest absolute Gasteiger partial charge is 0.370 e. The van der Waals surface area contributed by atoms with Gasteiger partial charge in [-0.25, -0.2) is 13.1 Å². The molecule has 0 aliphatic heterocycles. The number of hydrogen-bond acceptors (Lipinski definition) is 5. The zero-order valence-corrected chi connectivity index (χ0v) is 12.1. The summed E-state index contributed by atoms with van der Waals surface area (Å²) in [5, 5.41) is 10.8. The first-order valence-electron chi connectivity index (χ1n) is 5.71. The minimum Gasteiger partial charge on any atom is -0.370 e. The third-order valence-electron chi connectivity index (χ3n) is 2.45. The van der Waals surface area contributed by atoms with Crippen molar-refractivity contribution in [3.63, 3.8) is 0 Å². The molecule has 0 fully saturated rings. The van der Waals surface area contributed by atoms with E-state index in [2.05, 4.69) is 4.72 Å². The fourth-order valence-corrected chi connectivity index (χ4v) is 3.37. The average molecular weight is 319 g/mol. The van der Waals surface area contributed by atoms with E-state index in [1.54, 1.807) is 0 Å². The maximum Gasteiger partial charge on any atom is 0.324 e. The van der Waals surface area contributed by atoms with E-state index in [0.29, 0.717) is 0 Å². The third-order valence-corrected chi connectivity index (χ3v) is 4.18. The number of nitrogens with zero attached hydrogens (tertiary/aromatic N) is 1. The van der Waals surface area contributed by atoms with Gasteiger partial charge in [0.25, 0.3) is 0 Å². The van der Waals surface area contributed by atoms with Crippen LogP contribution in [0.1, 0.15) is 20.3 Å². The molecule has 0 saturated carbocycles. The Morgan fingerprint density at radius 2 is 2.05 bits per heavy atom. The summed E-state index contributed by atoms with van der Waals surface area (Å²) in [5.41, 5.74) is 2.57. The van der Waals surface area contributed by atoms with Crippen LogP contribution in [-0.4, -0.2) is 24.8 Å². The SMILES string of the molecule is CC(C)(CC(N)=O)NS(=O)(=O)c1cccc(F)c1[N+](=O)[O-]. The van der Waals surface area contributed by atoms with Gasteiger partial charge in [0.05, 0.1) is 4.92 Å². The van der Waals surface area contributed by atoms with E-state index in [0.717, 1.165) is 18.2 Å². The third kappa shape index (κ3) is 4.20. The number of rotatable bonds is 6. The minimum atomic E-state index is -4.40. The lowest BCUT2D eigenvalue weighted by Crippen LogP contribution is -2.46. The molecule has 0 bridgehead atoms. The summed E-state index contributed by atoms with van der Waals surface area (Å²) in [4.78, 5) is 19.8. The first-order chi connectivity index (χ1) is 9.46. The second-order valence-electron chi connectivity index (χ2n) is 4.98. The highest BCUT2D eigenvalue weighted by Gasteiger charge is 2.34. The lowest BCUT2D eigenvalue weighted by molar-refractivity contribution is -0.390. The van der Waals surface area contributed by atoms with Crippen molar-refractivity contribution >= 4 is 21.6 Å². The fourth-order valence-electron chi connectivity index (χ4n) is 1.78. The standard InChI is InChI=1S/C11H14FN3O5S/c1-11(2,6-9(13)16)14-21(19,20)8-5-3-4-7(12)10(8)15(17)18/h3-5,14H,6H2,1-2H3,(H2,13,16). The molecule has 0 atom stereocenters. The molecule has 10 heteroatoms. The van der Waals surface area contributed by atoms with Crippen molar-refractivity contribution in [3.8, 4) is 0 Å². The van der Waals surface area contributed by atoms with Gasteiger partial charge in [0, 0.05) is 12.0 Å². The van der Waals surface area contributed by atoms with Gasteiger partial charge >= 0.3 is 5.69 Å². The predicted molar refractivity (Wildman–Crippen MR) is 71.3 cm³/mol. The molecule has 0 heterocycles. The topological polar surface area (TPSA) is 132 Å². The van der Waals surface area contributed by atoms with Crippen molar-refractivity contribution in [1.29, 1.82) is 0 Å². The van der Waals surface area contributed by atoms with Gasteiger partial charge in [-0.1, -0.05) is 6.07 Å². The van der Waals surface area contributed by atoms with Crippen LogP contribution in [0.15, 0.2) is 23.1 Å². The van der Waals surface area contributed by atoms with Crippen molar-refractivity contribution in [2.45, 2.75) is 30.7 Å². The second kappa shape index (κ2) is 5.74. The molecular formula is C11H14FN3O5S. The van der Waals surface area contributed by atoms with Crippen LogP contribution >= 0.6 is 0 Å². The molecule has 1 rings (SSSR count). The highest BCUT2D eigenvalue weighted by molar-refractivity contribution is 7.89. The van der Waals surface area contributed by atoms with E-state index < -0.39 is 42.8 Å². The van der Waals surface area contributed by atoms with E-state index in [1.807, 2.05) is 0 Å². The number of amides is 1. The summed E-state index contributed by atoms with van der Waals surface area (Å²) in [6.45, 7) is 2.75. The Labute approximate surface area is 120 Å². The molecule has 0 saturated heterocycles. The van der Waals surface area contributed by atoms with Gasteiger partial charge in [-0.05, 0) is 26.0 Å². The monoisotopic (exact) mass is 319 g/mol. The summed E-state index contributed by atoms with van der Waals surface area (Å²) in [5.74, 6) is -2.02. The van der Waals surface area contributed by atoms with Crippen molar-refractivity contribution in [1.82, 2.24) is 4.72 Å². The van der Waals surface area contributed by atoms with Crippen molar-refractivity contribution in [2.24, 2.45) is 5.73 Å². The van der Waals surface area contributed by atoms with Crippen LogP contribution in [-0.2, 0) is 14.8 Å². The van der Waals surface area contributed by atoms with E-state index >= 15 is 0 Å². The fraction of sp³-hybridized carbons (Fsp3) is 0.364. The Hall–Kier alpha value is -2.07. The van der Waals surface area contributed by atoms with E-state index in [4.69, 9.17) is 5.73 Å². The first kappa shape index (κ1) is 17.0. The number of halogens is 1. The van der Waals surface area contributed by atoms with Crippen LogP contribution in [0.25, 0.3) is 0 Å². The number of para-hydroxylation sites is 1. The number of benzene rings is 1. The van der Waals surface area contributed by atoms with Gasteiger partial charge in [-0.15, -0.1) is 0 Å². The molecule has 1 aromatic carbocycles. The number of carbonyl (C=O) groups excluding carboxylic acids is 1. The van der Waals surface area contributed by atoms with Crippen molar-refractivity contribution in [3.05, 3.63) is 34.1 Å². The average Bonchev–Trinajstić information content (AvgIpc) is 2.24. The highest BCUT2D eigenvalue weighted by Crippen LogP contribution is 2.27. The second-order valence-corrected chi connectivity index (χ2v) is 6.63. The Morgan fingerprint density at radius 3 is 2.52 bits per heavy atom. The summed E-state index contributed by atoms with van der Waals surface area (Å²) in [6.07, 6.45) is -0.324. The maximum atomic E-state index is 13.5. The number of sulfonamides is 1. The number of primary amides is 1. The molecule has 1 aromatic rings. The highest BCUT2D eigenvalue weighted by atomic mass is 32.2. The molecule has 0 aromatic heterocycles. The van der Waals surface area contributed by atoms with Crippen LogP contribution in [0.2, 0.25) is 0 Å². The van der Waals surface area contributed by atoms with Gasteiger partial charge in [0.2, 0.25) is 21.7 Å². The number of nitro groups is 1. The Bertz CT molecular complexity index is 687. The van der Waals surface area contributed by atoms with Crippen LogP contribution in [0.4, 0.5) is 10.1 Å². The van der Waals surface area contributed by atoms with Gasteiger partial charge < -0.3 is 5.73 Å². The molecular weight excluding hydrogens is 305 g/mol. The molecule has 0 aliphatic carbocycles. The summed E-state index contributed by atoms with van der Waals surface area (Å²) >= 11 is 0. The molecule has 8 nitrogen and oxygen atoms in total. The summed E-state index contributed by atoms with van der Waals surface area (Å²) in [7, 11) is -4.40. The molecule has 3 N–H and O–H groups in total. The van der Waals surface area contributed by atoms with E-state index in [9.17, 15) is 27.7 Å². The van der Waals surface area contributed by atoms with Crippen LogP contribution in [0, 0.1) is 15.9 Å². The van der Waals surface area contributed by atoms with Crippen LogP contribution in [0.5, 0.6) is 0 Å². The predicted octanol–water partition coefficient (Wildman–Crippen LogP) is 0.666. The number of hydrogen-bond donors (Lipinski definition) is 2. The quantitative estimate of drug-likeness (QED) is 0.587. The minimum absolute atomic E-state index is 0.324. The van der Waals surface area contributed by atoms with Gasteiger partial charge in [0.15, 0.2) is 4.90 Å². The molecule has 0 aliphatic rings. The van der Waals surface area contributed by atoms with Crippen LogP contribution < -0.4 is 10.5 Å². The molecule has 0 spiro atoms. The molecule has 21 heavy (non-hydrogen) atoms. The lowest BCUT2D eigenvalue weighted by atomic mass is 10.0. The maximum absolute atomic E-state index is 13.5. The number of carbonyl (C=O) groups is 1. The number of nitrogens with two attached hydrogens (primary N) is 1. The lowest BCUT2D eigenvalue weighted by Gasteiger charge is -2.24. The molecule has 1 amide bonds.